The SMILES string of the molecule is CCS(=O)(=O)NCCc1ccc(S(=O)(=O)NC(=O)c2ccc(C)cc2C)s1. The Hall–Kier alpha value is -1.75. The molecule has 1 amide bonds. The van der Waals surface area contributed by atoms with Gasteiger partial charge in [-0.05, 0) is 51.0 Å². The Balaban J connectivity index is 2.06. The van der Waals surface area contributed by atoms with E-state index in [-0.39, 0.29) is 16.5 Å². The Morgan fingerprint density at radius 1 is 1.07 bits per heavy atom. The summed E-state index contributed by atoms with van der Waals surface area (Å²) in [6.45, 7) is 5.36. The van der Waals surface area contributed by atoms with E-state index in [1.54, 1.807) is 25.1 Å². The Morgan fingerprint density at radius 3 is 2.41 bits per heavy atom. The van der Waals surface area contributed by atoms with E-state index >= 15 is 0 Å². The summed E-state index contributed by atoms with van der Waals surface area (Å²) in [5, 5.41) is 0. The third-order valence-electron chi connectivity index (χ3n) is 3.83. The van der Waals surface area contributed by atoms with E-state index in [9.17, 15) is 21.6 Å². The largest absolute Gasteiger partial charge is 0.273 e. The van der Waals surface area contributed by atoms with Gasteiger partial charge in [0.1, 0.15) is 4.21 Å². The second-order valence-electron chi connectivity index (χ2n) is 6.02. The maximum Gasteiger partial charge on any atom is 0.273 e. The number of hydrogen-bond donors (Lipinski definition) is 2. The van der Waals surface area contributed by atoms with E-state index in [2.05, 4.69) is 9.44 Å². The number of benzene rings is 1. The first-order valence-electron chi connectivity index (χ1n) is 8.24. The molecule has 148 valence electrons. The van der Waals surface area contributed by atoms with Gasteiger partial charge < -0.3 is 0 Å². The molecule has 0 aliphatic heterocycles. The lowest BCUT2D eigenvalue weighted by atomic mass is 10.1. The summed E-state index contributed by atoms with van der Waals surface area (Å²) in [4.78, 5) is 13.0. The van der Waals surface area contributed by atoms with Crippen molar-refractivity contribution in [2.75, 3.05) is 12.3 Å². The minimum atomic E-state index is -3.99. The molecule has 0 unspecified atom stereocenters. The van der Waals surface area contributed by atoms with Crippen LogP contribution in [0.25, 0.3) is 0 Å². The van der Waals surface area contributed by atoms with Gasteiger partial charge in [-0.2, -0.15) is 0 Å². The van der Waals surface area contributed by atoms with Crippen LogP contribution in [0.2, 0.25) is 0 Å². The van der Waals surface area contributed by atoms with Crippen LogP contribution < -0.4 is 9.44 Å². The molecule has 7 nitrogen and oxygen atoms in total. The van der Waals surface area contributed by atoms with Gasteiger partial charge in [0.05, 0.1) is 5.75 Å². The highest BCUT2D eigenvalue weighted by molar-refractivity contribution is 7.92. The number of amides is 1. The van der Waals surface area contributed by atoms with E-state index in [0.717, 1.165) is 16.9 Å². The smallest absolute Gasteiger partial charge is 0.268 e. The molecule has 0 aliphatic rings. The van der Waals surface area contributed by atoms with Crippen LogP contribution in [0.5, 0.6) is 0 Å². The fourth-order valence-electron chi connectivity index (χ4n) is 2.36. The Bertz CT molecular complexity index is 1040. The van der Waals surface area contributed by atoms with Crippen molar-refractivity contribution in [1.82, 2.24) is 9.44 Å². The van der Waals surface area contributed by atoms with Crippen LogP contribution in [-0.2, 0) is 26.5 Å². The van der Waals surface area contributed by atoms with Crippen LogP contribution >= 0.6 is 11.3 Å². The molecule has 0 saturated carbocycles. The number of sulfonamides is 2. The maximum absolute atomic E-state index is 12.5. The number of thiophene rings is 1. The molecule has 10 heteroatoms. The number of carbonyl (C=O) groups is 1. The molecule has 2 rings (SSSR count). The number of hydrogen-bond acceptors (Lipinski definition) is 6. The molecular formula is C17H22N2O5S3. The third-order valence-corrected chi connectivity index (χ3v) is 8.20. The summed E-state index contributed by atoms with van der Waals surface area (Å²) >= 11 is 1.00. The minimum absolute atomic E-state index is 0.00830. The summed E-state index contributed by atoms with van der Waals surface area (Å²) < 4.78 is 52.2. The lowest BCUT2D eigenvalue weighted by molar-refractivity contribution is 0.0981. The molecule has 1 aromatic heterocycles. The van der Waals surface area contributed by atoms with Gasteiger partial charge in [0, 0.05) is 17.0 Å². The van der Waals surface area contributed by atoms with Gasteiger partial charge in [0.15, 0.2) is 0 Å². The first kappa shape index (κ1) is 21.5. The van der Waals surface area contributed by atoms with Gasteiger partial charge in [-0.25, -0.2) is 26.3 Å². The summed E-state index contributed by atoms with van der Waals surface area (Å²) in [5.41, 5.74) is 1.97. The molecule has 0 fully saturated rings. The fourth-order valence-corrected chi connectivity index (χ4v) is 5.30. The molecule has 0 bridgehead atoms. The lowest BCUT2D eigenvalue weighted by Crippen LogP contribution is -2.30. The summed E-state index contributed by atoms with van der Waals surface area (Å²) in [7, 11) is -7.28. The van der Waals surface area contributed by atoms with Gasteiger partial charge in [0.2, 0.25) is 10.0 Å². The van der Waals surface area contributed by atoms with Crippen LogP contribution in [-0.4, -0.2) is 35.0 Å². The van der Waals surface area contributed by atoms with Crippen molar-refractivity contribution in [3.8, 4) is 0 Å². The van der Waals surface area contributed by atoms with E-state index in [1.807, 2.05) is 13.0 Å². The maximum atomic E-state index is 12.5. The number of nitrogens with one attached hydrogen (secondary N) is 2. The van der Waals surface area contributed by atoms with Crippen molar-refractivity contribution in [3.05, 3.63) is 51.9 Å². The van der Waals surface area contributed by atoms with E-state index in [0.29, 0.717) is 22.4 Å². The average Bonchev–Trinajstić information content (AvgIpc) is 3.04. The molecular weight excluding hydrogens is 408 g/mol. The number of aryl methyl sites for hydroxylation is 2. The highest BCUT2D eigenvalue weighted by Gasteiger charge is 2.21. The van der Waals surface area contributed by atoms with Crippen molar-refractivity contribution in [2.24, 2.45) is 0 Å². The minimum Gasteiger partial charge on any atom is -0.268 e. The molecule has 0 radical (unpaired) electrons. The molecule has 1 aromatic carbocycles. The van der Waals surface area contributed by atoms with Crippen molar-refractivity contribution in [3.63, 3.8) is 0 Å². The van der Waals surface area contributed by atoms with Gasteiger partial charge >= 0.3 is 0 Å². The monoisotopic (exact) mass is 430 g/mol. The van der Waals surface area contributed by atoms with Crippen molar-refractivity contribution < 1.29 is 21.6 Å². The summed E-state index contributed by atoms with van der Waals surface area (Å²) in [5.74, 6) is -0.695. The standard InChI is InChI=1S/C17H22N2O5S3/c1-4-26(21,22)18-10-9-14-6-8-16(25-14)27(23,24)19-17(20)15-7-5-12(2)11-13(15)3/h5-8,11,18H,4,9-10H2,1-3H3,(H,19,20). The van der Waals surface area contributed by atoms with E-state index < -0.39 is 26.0 Å². The van der Waals surface area contributed by atoms with E-state index in [1.165, 1.54) is 13.0 Å². The second kappa shape index (κ2) is 8.51. The predicted octanol–water partition coefficient (Wildman–Crippen LogP) is 1.97. The lowest BCUT2D eigenvalue weighted by Gasteiger charge is -2.08. The van der Waals surface area contributed by atoms with Crippen LogP contribution in [0, 0.1) is 13.8 Å². The predicted molar refractivity (Wildman–Crippen MR) is 106 cm³/mol. The second-order valence-corrected chi connectivity index (χ2v) is 11.2. The zero-order valence-corrected chi connectivity index (χ0v) is 17.7. The normalized spacial score (nSPS) is 12.1. The first-order chi connectivity index (χ1) is 12.5. The summed E-state index contributed by atoms with van der Waals surface area (Å²) in [6, 6.07) is 8.17. The van der Waals surface area contributed by atoms with Gasteiger partial charge in [-0.3, -0.25) is 4.79 Å². The van der Waals surface area contributed by atoms with Crippen LogP contribution in [0.15, 0.2) is 34.5 Å². The molecule has 2 aromatic rings. The molecule has 0 atom stereocenters. The number of rotatable bonds is 8. The molecule has 0 spiro atoms. The summed E-state index contributed by atoms with van der Waals surface area (Å²) in [6.07, 6.45) is 0.366. The van der Waals surface area contributed by atoms with Crippen molar-refractivity contribution >= 4 is 37.3 Å². The quantitative estimate of drug-likeness (QED) is 0.665. The van der Waals surface area contributed by atoms with Gasteiger partial charge in [0.25, 0.3) is 15.9 Å². The highest BCUT2D eigenvalue weighted by atomic mass is 32.2. The van der Waals surface area contributed by atoms with E-state index in [4.69, 9.17) is 0 Å². The molecule has 1 heterocycles. The van der Waals surface area contributed by atoms with Gasteiger partial charge in [-0.15, -0.1) is 11.3 Å². The Kier molecular flexibility index (Phi) is 6.79. The fraction of sp³-hybridized carbons (Fsp3) is 0.353. The zero-order chi connectivity index (χ0) is 20.2. The average molecular weight is 431 g/mol. The van der Waals surface area contributed by atoms with Crippen LogP contribution in [0.1, 0.15) is 33.3 Å². The van der Waals surface area contributed by atoms with Crippen molar-refractivity contribution in [2.45, 2.75) is 31.4 Å². The Morgan fingerprint density at radius 2 is 1.78 bits per heavy atom. The molecule has 2 N–H and O–H groups in total. The van der Waals surface area contributed by atoms with Crippen molar-refractivity contribution in [1.29, 1.82) is 0 Å². The van der Waals surface area contributed by atoms with Crippen LogP contribution in [0.4, 0.5) is 0 Å². The third kappa shape index (κ3) is 5.86. The molecule has 0 aliphatic carbocycles. The topological polar surface area (TPSA) is 109 Å². The zero-order valence-electron chi connectivity index (χ0n) is 15.3. The van der Waals surface area contributed by atoms with Gasteiger partial charge in [-0.1, -0.05) is 17.7 Å². The van der Waals surface area contributed by atoms with Crippen LogP contribution in [0.3, 0.4) is 0 Å². The Labute approximate surface area is 163 Å². The molecule has 0 saturated heterocycles. The highest BCUT2D eigenvalue weighted by Crippen LogP contribution is 2.22. The molecule has 27 heavy (non-hydrogen) atoms. The first-order valence-corrected chi connectivity index (χ1v) is 12.2. The number of carbonyl (C=O) groups excluding carboxylic acids is 1.